The zero-order chi connectivity index (χ0) is 15.3. The fraction of sp³-hybridized carbons (Fsp3) is 0.588. The molecule has 0 saturated heterocycles. The van der Waals surface area contributed by atoms with Crippen molar-refractivity contribution >= 4 is 11.6 Å². The third kappa shape index (κ3) is 2.31. The Balaban J connectivity index is 1.74. The van der Waals surface area contributed by atoms with Crippen LogP contribution in [-0.2, 0) is 11.3 Å². The quantitative estimate of drug-likeness (QED) is 0.880. The average Bonchev–Trinajstić information content (AvgIpc) is 2.92. The predicted octanol–water partition coefficient (Wildman–Crippen LogP) is 2.79. The standard InChI is InChI=1S/C17H24N2O2/c1-16(2)14(17(16,3)4)15(20)19-12-5-6-13-11(9-12)10-18-7-8-21-13/h5-6,9,14,18H,7-8,10H2,1-4H3,(H,19,20). The molecule has 114 valence electrons. The molecule has 0 atom stereocenters. The van der Waals surface area contributed by atoms with Gasteiger partial charge in [0.1, 0.15) is 12.4 Å². The minimum absolute atomic E-state index is 0.0629. The molecule has 0 unspecified atom stereocenters. The minimum Gasteiger partial charge on any atom is -0.492 e. The lowest BCUT2D eigenvalue weighted by molar-refractivity contribution is -0.118. The summed E-state index contributed by atoms with van der Waals surface area (Å²) in [6, 6.07) is 5.87. The summed E-state index contributed by atoms with van der Waals surface area (Å²) >= 11 is 0. The lowest BCUT2D eigenvalue weighted by Crippen LogP contribution is -2.18. The Morgan fingerprint density at radius 2 is 2.00 bits per heavy atom. The molecular formula is C17H24N2O2. The maximum atomic E-state index is 12.5. The van der Waals surface area contributed by atoms with Gasteiger partial charge in [-0.05, 0) is 29.0 Å². The van der Waals surface area contributed by atoms with Crippen LogP contribution in [0.5, 0.6) is 5.75 Å². The van der Waals surface area contributed by atoms with Gasteiger partial charge in [-0.3, -0.25) is 4.79 Å². The van der Waals surface area contributed by atoms with Gasteiger partial charge in [0.2, 0.25) is 5.91 Å². The van der Waals surface area contributed by atoms with Crippen LogP contribution in [0.2, 0.25) is 0 Å². The Hall–Kier alpha value is -1.55. The van der Waals surface area contributed by atoms with Crippen molar-refractivity contribution in [3.8, 4) is 5.75 Å². The Morgan fingerprint density at radius 3 is 2.67 bits per heavy atom. The number of hydrogen-bond acceptors (Lipinski definition) is 3. The molecule has 1 aromatic rings. The first kappa shape index (κ1) is 14.4. The highest BCUT2D eigenvalue weighted by Gasteiger charge is 2.68. The molecule has 0 spiro atoms. The number of fused-ring (bicyclic) bond motifs is 1. The monoisotopic (exact) mass is 288 g/mol. The maximum absolute atomic E-state index is 12.5. The molecule has 1 aliphatic heterocycles. The average molecular weight is 288 g/mol. The summed E-state index contributed by atoms with van der Waals surface area (Å²) in [7, 11) is 0. The molecule has 0 aromatic heterocycles. The highest BCUT2D eigenvalue weighted by Crippen LogP contribution is 2.68. The Labute approximate surface area is 126 Å². The van der Waals surface area contributed by atoms with E-state index in [1.807, 2.05) is 18.2 Å². The first-order valence-electron chi connectivity index (χ1n) is 7.61. The maximum Gasteiger partial charge on any atom is 0.228 e. The summed E-state index contributed by atoms with van der Waals surface area (Å²) < 4.78 is 5.66. The number of ether oxygens (including phenoxy) is 1. The second kappa shape index (κ2) is 4.73. The number of rotatable bonds is 2. The van der Waals surface area contributed by atoms with Crippen LogP contribution < -0.4 is 15.4 Å². The van der Waals surface area contributed by atoms with Crippen molar-refractivity contribution in [1.29, 1.82) is 0 Å². The van der Waals surface area contributed by atoms with Crippen molar-refractivity contribution in [1.82, 2.24) is 5.32 Å². The zero-order valence-electron chi connectivity index (χ0n) is 13.2. The van der Waals surface area contributed by atoms with Gasteiger partial charge in [0.25, 0.3) is 0 Å². The van der Waals surface area contributed by atoms with Crippen molar-refractivity contribution in [2.24, 2.45) is 16.7 Å². The summed E-state index contributed by atoms with van der Waals surface area (Å²) in [5.74, 6) is 1.09. The predicted molar refractivity (Wildman–Crippen MR) is 83.3 cm³/mol. The van der Waals surface area contributed by atoms with Crippen LogP contribution in [0.15, 0.2) is 18.2 Å². The first-order chi connectivity index (χ1) is 9.84. The largest absolute Gasteiger partial charge is 0.492 e. The van der Waals surface area contributed by atoms with E-state index in [0.717, 1.165) is 30.1 Å². The van der Waals surface area contributed by atoms with Crippen molar-refractivity contribution in [3.05, 3.63) is 23.8 Å². The third-order valence-corrected chi connectivity index (χ3v) is 5.46. The molecule has 1 amide bonds. The first-order valence-corrected chi connectivity index (χ1v) is 7.61. The van der Waals surface area contributed by atoms with E-state index in [1.54, 1.807) is 0 Å². The van der Waals surface area contributed by atoms with E-state index in [4.69, 9.17) is 4.74 Å². The van der Waals surface area contributed by atoms with Gasteiger partial charge < -0.3 is 15.4 Å². The number of carbonyl (C=O) groups is 1. The summed E-state index contributed by atoms with van der Waals surface area (Å²) in [6.07, 6.45) is 0. The molecule has 4 nitrogen and oxygen atoms in total. The Morgan fingerprint density at radius 1 is 1.29 bits per heavy atom. The smallest absolute Gasteiger partial charge is 0.228 e. The SMILES string of the molecule is CC1(C)C(C(=O)Nc2ccc3c(c2)CNCCO3)C1(C)C. The lowest BCUT2D eigenvalue weighted by Gasteiger charge is -2.11. The van der Waals surface area contributed by atoms with Gasteiger partial charge in [-0.25, -0.2) is 0 Å². The van der Waals surface area contributed by atoms with E-state index in [1.165, 1.54) is 0 Å². The van der Waals surface area contributed by atoms with Gasteiger partial charge in [-0.1, -0.05) is 27.7 Å². The Kier molecular flexibility index (Phi) is 3.24. The van der Waals surface area contributed by atoms with Gasteiger partial charge in [0.05, 0.1) is 0 Å². The third-order valence-electron chi connectivity index (χ3n) is 5.46. The van der Waals surface area contributed by atoms with Gasteiger partial charge in [0, 0.05) is 30.3 Å². The molecular weight excluding hydrogens is 264 g/mol. The summed E-state index contributed by atoms with van der Waals surface area (Å²) in [6.45, 7) is 10.9. The molecule has 1 aliphatic carbocycles. The minimum atomic E-state index is 0.0629. The van der Waals surface area contributed by atoms with E-state index < -0.39 is 0 Å². The van der Waals surface area contributed by atoms with Crippen LogP contribution in [0.1, 0.15) is 33.3 Å². The Bertz CT molecular complexity index is 564. The van der Waals surface area contributed by atoms with E-state index in [9.17, 15) is 4.79 Å². The summed E-state index contributed by atoms with van der Waals surface area (Å²) in [5, 5.41) is 6.37. The number of nitrogens with one attached hydrogen (secondary N) is 2. The van der Waals surface area contributed by atoms with E-state index in [2.05, 4.69) is 38.3 Å². The number of hydrogen-bond donors (Lipinski definition) is 2. The second-order valence-corrected chi connectivity index (χ2v) is 7.21. The molecule has 2 N–H and O–H groups in total. The molecule has 2 aliphatic rings. The summed E-state index contributed by atoms with van der Waals surface area (Å²) in [4.78, 5) is 12.5. The molecule has 0 radical (unpaired) electrons. The van der Waals surface area contributed by atoms with Crippen molar-refractivity contribution in [3.63, 3.8) is 0 Å². The van der Waals surface area contributed by atoms with E-state index in [-0.39, 0.29) is 22.7 Å². The van der Waals surface area contributed by atoms with Gasteiger partial charge >= 0.3 is 0 Å². The van der Waals surface area contributed by atoms with Crippen LogP contribution in [0.25, 0.3) is 0 Å². The molecule has 1 fully saturated rings. The fourth-order valence-corrected chi connectivity index (χ4v) is 3.46. The van der Waals surface area contributed by atoms with Gasteiger partial charge in [0.15, 0.2) is 0 Å². The van der Waals surface area contributed by atoms with Crippen LogP contribution in [0, 0.1) is 16.7 Å². The molecule has 4 heteroatoms. The number of amides is 1. The van der Waals surface area contributed by atoms with Crippen molar-refractivity contribution in [2.75, 3.05) is 18.5 Å². The molecule has 0 bridgehead atoms. The lowest BCUT2D eigenvalue weighted by atomic mass is 10.0. The molecule has 1 saturated carbocycles. The molecule has 1 aromatic carbocycles. The molecule has 21 heavy (non-hydrogen) atoms. The number of anilines is 1. The number of benzene rings is 1. The second-order valence-electron chi connectivity index (χ2n) is 7.21. The fourth-order valence-electron chi connectivity index (χ4n) is 3.46. The summed E-state index contributed by atoms with van der Waals surface area (Å²) in [5.41, 5.74) is 2.07. The van der Waals surface area contributed by atoms with Gasteiger partial charge in [-0.2, -0.15) is 0 Å². The normalized spacial score (nSPS) is 22.7. The zero-order valence-corrected chi connectivity index (χ0v) is 13.2. The number of carbonyl (C=O) groups excluding carboxylic acids is 1. The van der Waals surface area contributed by atoms with Crippen LogP contribution in [-0.4, -0.2) is 19.1 Å². The molecule has 1 heterocycles. The highest BCUT2D eigenvalue weighted by atomic mass is 16.5. The van der Waals surface area contributed by atoms with Crippen molar-refractivity contribution in [2.45, 2.75) is 34.2 Å². The van der Waals surface area contributed by atoms with Crippen molar-refractivity contribution < 1.29 is 9.53 Å². The van der Waals surface area contributed by atoms with Crippen LogP contribution in [0.4, 0.5) is 5.69 Å². The topological polar surface area (TPSA) is 50.4 Å². The van der Waals surface area contributed by atoms with Gasteiger partial charge in [-0.15, -0.1) is 0 Å². The van der Waals surface area contributed by atoms with E-state index >= 15 is 0 Å². The van der Waals surface area contributed by atoms with Crippen LogP contribution >= 0.6 is 0 Å². The molecule has 3 rings (SSSR count). The van der Waals surface area contributed by atoms with E-state index in [0.29, 0.717) is 6.61 Å². The highest BCUT2D eigenvalue weighted by molar-refractivity contribution is 5.96. The van der Waals surface area contributed by atoms with Crippen LogP contribution in [0.3, 0.4) is 0 Å².